The summed E-state index contributed by atoms with van der Waals surface area (Å²) >= 11 is 0. The van der Waals surface area contributed by atoms with Gasteiger partial charge in [0.15, 0.2) is 0 Å². The largest absolute Gasteiger partial charge is 0.331 e. The molecule has 0 aliphatic carbocycles. The molecule has 20 heavy (non-hydrogen) atoms. The second-order valence-electron chi connectivity index (χ2n) is 5.70. The molecule has 0 radical (unpaired) electrons. The van der Waals surface area contributed by atoms with Gasteiger partial charge < -0.3 is 9.88 Å². The van der Waals surface area contributed by atoms with Crippen molar-refractivity contribution in [1.82, 2.24) is 14.9 Å². The fourth-order valence-electron chi connectivity index (χ4n) is 2.37. The molecule has 0 saturated heterocycles. The Kier molecular flexibility index (Phi) is 4.96. The summed E-state index contributed by atoms with van der Waals surface area (Å²) in [7, 11) is 2.10. The molecule has 1 aromatic carbocycles. The zero-order valence-corrected chi connectivity index (χ0v) is 13.0. The van der Waals surface area contributed by atoms with Gasteiger partial charge in [0.05, 0.1) is 11.0 Å². The maximum absolute atomic E-state index is 4.72. The molecule has 0 saturated carbocycles. The number of imidazole rings is 1. The van der Waals surface area contributed by atoms with E-state index in [0.29, 0.717) is 6.04 Å². The molecule has 0 fully saturated rings. The quantitative estimate of drug-likeness (QED) is 0.644. The Morgan fingerprint density at radius 2 is 2.10 bits per heavy atom. The van der Waals surface area contributed by atoms with Crippen molar-refractivity contribution in [2.75, 3.05) is 6.54 Å². The zero-order chi connectivity index (χ0) is 14.5. The van der Waals surface area contributed by atoms with Crippen molar-refractivity contribution in [2.24, 2.45) is 7.05 Å². The number of para-hydroxylation sites is 2. The first-order valence-electron chi connectivity index (χ1n) is 7.37. The highest BCUT2D eigenvalue weighted by molar-refractivity contribution is 5.75. The van der Waals surface area contributed by atoms with Crippen LogP contribution in [0.3, 0.4) is 0 Å². The molecule has 0 amide bonds. The molecule has 0 aliphatic rings. The molecule has 0 aliphatic heterocycles. The average molecular weight is 271 g/mol. The second-order valence-corrected chi connectivity index (χ2v) is 5.70. The topological polar surface area (TPSA) is 29.9 Å². The van der Waals surface area contributed by atoms with E-state index in [1.165, 1.54) is 11.1 Å². The first-order valence-corrected chi connectivity index (χ1v) is 7.37. The third-order valence-electron chi connectivity index (χ3n) is 3.51. The number of fused-ring (bicyclic) bond motifs is 1. The monoisotopic (exact) mass is 271 g/mol. The SMILES string of the molecule is CC(=CCCNC(C)C)Cc1nc2ccccc2n1C. The summed E-state index contributed by atoms with van der Waals surface area (Å²) in [5.74, 6) is 1.14. The first-order chi connectivity index (χ1) is 9.58. The van der Waals surface area contributed by atoms with Gasteiger partial charge >= 0.3 is 0 Å². The molecule has 0 atom stereocenters. The number of allylic oxidation sites excluding steroid dienone is 1. The molecule has 3 heteroatoms. The maximum atomic E-state index is 4.72. The van der Waals surface area contributed by atoms with E-state index < -0.39 is 0 Å². The minimum absolute atomic E-state index is 0.559. The number of benzene rings is 1. The normalized spacial score (nSPS) is 12.6. The van der Waals surface area contributed by atoms with E-state index in [2.05, 4.69) is 62.0 Å². The van der Waals surface area contributed by atoms with Crippen LogP contribution in [0.1, 0.15) is 33.0 Å². The molecule has 0 unspecified atom stereocenters. The van der Waals surface area contributed by atoms with E-state index in [4.69, 9.17) is 4.98 Å². The lowest BCUT2D eigenvalue weighted by Gasteiger charge is -2.06. The molecule has 3 nitrogen and oxygen atoms in total. The van der Waals surface area contributed by atoms with E-state index in [-0.39, 0.29) is 0 Å². The molecule has 2 rings (SSSR count). The molecular formula is C17H25N3. The van der Waals surface area contributed by atoms with Crippen molar-refractivity contribution >= 4 is 11.0 Å². The van der Waals surface area contributed by atoms with Gasteiger partial charge in [-0.15, -0.1) is 0 Å². The fraction of sp³-hybridized carbons (Fsp3) is 0.471. The fourth-order valence-corrected chi connectivity index (χ4v) is 2.37. The van der Waals surface area contributed by atoms with Gasteiger partial charge in [-0.25, -0.2) is 4.98 Å². The van der Waals surface area contributed by atoms with E-state index in [0.717, 1.165) is 30.7 Å². The van der Waals surface area contributed by atoms with Crippen molar-refractivity contribution in [2.45, 2.75) is 39.7 Å². The summed E-state index contributed by atoms with van der Waals surface area (Å²) in [5.41, 5.74) is 3.67. The van der Waals surface area contributed by atoms with Crippen molar-refractivity contribution in [3.63, 3.8) is 0 Å². The van der Waals surface area contributed by atoms with Crippen LogP contribution >= 0.6 is 0 Å². The lowest BCUT2D eigenvalue weighted by atomic mass is 10.1. The summed E-state index contributed by atoms with van der Waals surface area (Å²) in [5, 5.41) is 3.43. The van der Waals surface area contributed by atoms with E-state index in [1.54, 1.807) is 0 Å². The van der Waals surface area contributed by atoms with Crippen LogP contribution in [0.15, 0.2) is 35.9 Å². The smallest absolute Gasteiger partial charge is 0.113 e. The summed E-state index contributed by atoms with van der Waals surface area (Å²) in [4.78, 5) is 4.72. The van der Waals surface area contributed by atoms with Crippen LogP contribution in [0.25, 0.3) is 11.0 Å². The lowest BCUT2D eigenvalue weighted by molar-refractivity contribution is 0.594. The maximum Gasteiger partial charge on any atom is 0.113 e. The number of rotatable bonds is 6. The van der Waals surface area contributed by atoms with E-state index in [1.807, 2.05) is 6.07 Å². The zero-order valence-electron chi connectivity index (χ0n) is 13.0. The van der Waals surface area contributed by atoms with Crippen molar-refractivity contribution in [3.05, 3.63) is 41.7 Å². The molecular weight excluding hydrogens is 246 g/mol. The van der Waals surface area contributed by atoms with Crippen LogP contribution in [-0.4, -0.2) is 22.1 Å². The highest BCUT2D eigenvalue weighted by atomic mass is 15.1. The number of aromatic nitrogens is 2. The number of nitrogens with one attached hydrogen (secondary N) is 1. The molecule has 1 heterocycles. The van der Waals surface area contributed by atoms with Gasteiger partial charge in [-0.2, -0.15) is 0 Å². The van der Waals surface area contributed by atoms with Crippen LogP contribution in [0.4, 0.5) is 0 Å². The minimum Gasteiger partial charge on any atom is -0.331 e. The molecule has 0 bridgehead atoms. The van der Waals surface area contributed by atoms with E-state index >= 15 is 0 Å². The van der Waals surface area contributed by atoms with Gasteiger partial charge in [-0.1, -0.05) is 37.6 Å². The number of nitrogens with zero attached hydrogens (tertiary/aromatic N) is 2. The van der Waals surface area contributed by atoms with Crippen LogP contribution in [0, 0.1) is 0 Å². The average Bonchev–Trinajstić information content (AvgIpc) is 2.72. The summed E-state index contributed by atoms with van der Waals surface area (Å²) in [6.07, 6.45) is 4.32. The third-order valence-corrected chi connectivity index (χ3v) is 3.51. The van der Waals surface area contributed by atoms with E-state index in [9.17, 15) is 0 Å². The Labute approximate surface area is 121 Å². The predicted molar refractivity (Wildman–Crippen MR) is 85.9 cm³/mol. The molecule has 1 aromatic heterocycles. The Hall–Kier alpha value is -1.61. The van der Waals surface area contributed by atoms with Crippen LogP contribution in [0.2, 0.25) is 0 Å². The second kappa shape index (κ2) is 6.71. The molecule has 1 N–H and O–H groups in total. The highest BCUT2D eigenvalue weighted by Crippen LogP contribution is 2.16. The molecule has 2 aromatic rings. The number of hydrogen-bond acceptors (Lipinski definition) is 2. The standard InChI is InChI=1S/C17H25N3/c1-13(2)18-11-7-8-14(3)12-17-19-15-9-5-6-10-16(15)20(17)4/h5-6,8-10,13,18H,7,11-12H2,1-4H3. The van der Waals surface area contributed by atoms with Gasteiger partial charge in [-0.3, -0.25) is 0 Å². The number of hydrogen-bond donors (Lipinski definition) is 1. The van der Waals surface area contributed by atoms with Crippen molar-refractivity contribution in [1.29, 1.82) is 0 Å². The first kappa shape index (κ1) is 14.8. The summed E-state index contributed by atoms with van der Waals surface area (Å²) in [6.45, 7) is 7.58. The van der Waals surface area contributed by atoms with Gasteiger partial charge in [0.1, 0.15) is 5.82 Å². The molecule has 108 valence electrons. The Bertz CT molecular complexity index is 593. The minimum atomic E-state index is 0.559. The predicted octanol–water partition coefficient (Wildman–Crippen LogP) is 3.45. The van der Waals surface area contributed by atoms with Gasteiger partial charge in [0.25, 0.3) is 0 Å². The molecule has 0 spiro atoms. The Balaban J connectivity index is 2.00. The van der Waals surface area contributed by atoms with Crippen molar-refractivity contribution in [3.8, 4) is 0 Å². The summed E-state index contributed by atoms with van der Waals surface area (Å²) < 4.78 is 2.19. The Morgan fingerprint density at radius 3 is 2.80 bits per heavy atom. The summed E-state index contributed by atoms with van der Waals surface area (Å²) in [6, 6.07) is 8.86. The highest BCUT2D eigenvalue weighted by Gasteiger charge is 2.07. The van der Waals surface area contributed by atoms with Gasteiger partial charge in [-0.05, 0) is 32.0 Å². The number of aryl methyl sites for hydroxylation is 1. The van der Waals surface area contributed by atoms with Crippen LogP contribution in [0.5, 0.6) is 0 Å². The van der Waals surface area contributed by atoms with Crippen LogP contribution < -0.4 is 5.32 Å². The Morgan fingerprint density at radius 1 is 1.35 bits per heavy atom. The van der Waals surface area contributed by atoms with Gasteiger partial charge in [0, 0.05) is 19.5 Å². The third kappa shape index (κ3) is 3.70. The lowest BCUT2D eigenvalue weighted by Crippen LogP contribution is -2.23. The van der Waals surface area contributed by atoms with Gasteiger partial charge in [0.2, 0.25) is 0 Å². The van der Waals surface area contributed by atoms with Crippen LogP contribution in [-0.2, 0) is 13.5 Å². The van der Waals surface area contributed by atoms with Crippen molar-refractivity contribution < 1.29 is 0 Å².